The molecule has 2 unspecified atom stereocenters. The summed E-state index contributed by atoms with van der Waals surface area (Å²) in [5, 5.41) is 12.0. The number of nitrogens with one attached hydrogen (secondary N) is 1. The van der Waals surface area contributed by atoms with Crippen molar-refractivity contribution in [1.29, 1.82) is 5.26 Å². The van der Waals surface area contributed by atoms with Crippen LogP contribution in [0.25, 0.3) is 0 Å². The molecule has 1 aliphatic rings. The molecule has 0 aromatic rings. The van der Waals surface area contributed by atoms with Gasteiger partial charge in [-0.2, -0.15) is 5.26 Å². The molecule has 1 N–H and O–H groups in total. The molecular formula is C10H19N3O2S. The summed E-state index contributed by atoms with van der Waals surface area (Å²) in [6, 6.07) is 2.25. The molecule has 0 saturated carbocycles. The average Bonchev–Trinajstić information content (AvgIpc) is 2.58. The van der Waals surface area contributed by atoms with Crippen molar-refractivity contribution in [2.75, 3.05) is 32.1 Å². The molecule has 0 bridgehead atoms. The fourth-order valence-electron chi connectivity index (χ4n) is 1.92. The molecule has 0 aromatic carbocycles. The fourth-order valence-corrected chi connectivity index (χ4v) is 3.73. The van der Waals surface area contributed by atoms with Gasteiger partial charge >= 0.3 is 0 Å². The molecule has 16 heavy (non-hydrogen) atoms. The first kappa shape index (κ1) is 13.4. The maximum Gasteiger partial charge on any atom is 0.151 e. The van der Waals surface area contributed by atoms with Crippen molar-refractivity contribution in [2.24, 2.45) is 0 Å². The Morgan fingerprint density at radius 3 is 2.62 bits per heavy atom. The summed E-state index contributed by atoms with van der Waals surface area (Å²) >= 11 is 0. The van der Waals surface area contributed by atoms with E-state index in [4.69, 9.17) is 5.26 Å². The van der Waals surface area contributed by atoms with E-state index in [1.807, 2.05) is 18.9 Å². The van der Waals surface area contributed by atoms with Crippen LogP contribution in [0.4, 0.5) is 0 Å². The Morgan fingerprint density at radius 2 is 2.25 bits per heavy atom. The van der Waals surface area contributed by atoms with Gasteiger partial charge in [0.2, 0.25) is 0 Å². The van der Waals surface area contributed by atoms with Crippen LogP contribution in [0.15, 0.2) is 0 Å². The smallest absolute Gasteiger partial charge is 0.151 e. The van der Waals surface area contributed by atoms with Gasteiger partial charge in [0.25, 0.3) is 0 Å². The number of hydrogen-bond acceptors (Lipinski definition) is 5. The molecule has 1 heterocycles. The summed E-state index contributed by atoms with van der Waals surface area (Å²) in [4.78, 5) is 1.96. The van der Waals surface area contributed by atoms with Crippen LogP contribution in [-0.4, -0.2) is 57.0 Å². The fraction of sp³-hybridized carbons (Fsp3) is 0.900. The maximum atomic E-state index is 11.3. The molecule has 0 spiro atoms. The highest BCUT2D eigenvalue weighted by atomic mass is 32.2. The Kier molecular flexibility index (Phi) is 3.94. The van der Waals surface area contributed by atoms with Crippen LogP contribution in [-0.2, 0) is 9.84 Å². The minimum absolute atomic E-state index is 0.0472. The molecule has 5 nitrogen and oxygen atoms in total. The van der Waals surface area contributed by atoms with Gasteiger partial charge in [-0.15, -0.1) is 0 Å². The first-order valence-corrected chi connectivity index (χ1v) is 7.15. The van der Waals surface area contributed by atoms with E-state index >= 15 is 0 Å². The van der Waals surface area contributed by atoms with E-state index in [0.29, 0.717) is 13.0 Å². The van der Waals surface area contributed by atoms with Crippen LogP contribution >= 0.6 is 0 Å². The van der Waals surface area contributed by atoms with Crippen LogP contribution in [0.1, 0.15) is 13.3 Å². The van der Waals surface area contributed by atoms with Gasteiger partial charge in [-0.3, -0.25) is 4.90 Å². The molecule has 1 fully saturated rings. The molecule has 1 aliphatic heterocycles. The van der Waals surface area contributed by atoms with E-state index in [9.17, 15) is 8.42 Å². The highest BCUT2D eigenvalue weighted by Gasteiger charge is 2.33. The first-order chi connectivity index (χ1) is 7.32. The summed E-state index contributed by atoms with van der Waals surface area (Å²) in [6.07, 6.45) is 0.671. The van der Waals surface area contributed by atoms with Gasteiger partial charge in [0.05, 0.1) is 17.6 Å². The average molecular weight is 245 g/mol. The number of sulfone groups is 1. The Morgan fingerprint density at radius 1 is 1.62 bits per heavy atom. The molecule has 1 saturated heterocycles. The van der Waals surface area contributed by atoms with Gasteiger partial charge in [-0.05, 0) is 27.4 Å². The van der Waals surface area contributed by atoms with E-state index in [2.05, 4.69) is 11.4 Å². The quantitative estimate of drug-likeness (QED) is 0.730. The third-order valence-electron chi connectivity index (χ3n) is 3.20. The zero-order chi connectivity index (χ0) is 12.4. The second-order valence-electron chi connectivity index (χ2n) is 4.67. The second-order valence-corrected chi connectivity index (χ2v) is 6.89. The summed E-state index contributed by atoms with van der Waals surface area (Å²) in [5.41, 5.74) is -0.624. The SMILES string of the molecule is CNC(C)(C#N)CN(C)C1CCS(=O)(=O)C1. The predicted molar refractivity (Wildman–Crippen MR) is 62.8 cm³/mol. The third kappa shape index (κ3) is 3.17. The van der Waals surface area contributed by atoms with E-state index in [-0.39, 0.29) is 17.5 Å². The highest BCUT2D eigenvalue weighted by molar-refractivity contribution is 7.91. The second kappa shape index (κ2) is 4.70. The zero-order valence-corrected chi connectivity index (χ0v) is 10.8. The summed E-state index contributed by atoms with van der Waals surface area (Å²) in [5.74, 6) is 0.486. The van der Waals surface area contributed by atoms with Crippen molar-refractivity contribution in [3.8, 4) is 6.07 Å². The highest BCUT2D eigenvalue weighted by Crippen LogP contribution is 2.18. The van der Waals surface area contributed by atoms with Gasteiger partial charge in [0.15, 0.2) is 9.84 Å². The van der Waals surface area contributed by atoms with E-state index in [1.54, 1.807) is 7.05 Å². The van der Waals surface area contributed by atoms with Crippen LogP contribution in [0.3, 0.4) is 0 Å². The van der Waals surface area contributed by atoms with Gasteiger partial charge in [0.1, 0.15) is 5.54 Å². The molecule has 92 valence electrons. The number of nitrogens with zero attached hydrogens (tertiary/aromatic N) is 2. The summed E-state index contributed by atoms with van der Waals surface area (Å²) in [7, 11) is 0.757. The molecule has 6 heteroatoms. The van der Waals surface area contributed by atoms with E-state index in [0.717, 1.165) is 0 Å². The van der Waals surface area contributed by atoms with Gasteiger partial charge < -0.3 is 5.32 Å². The summed E-state index contributed by atoms with van der Waals surface area (Å²) < 4.78 is 22.7. The number of rotatable bonds is 4. The molecule has 2 atom stereocenters. The summed E-state index contributed by atoms with van der Waals surface area (Å²) in [6.45, 7) is 2.34. The van der Waals surface area contributed by atoms with Gasteiger partial charge in [-0.1, -0.05) is 0 Å². The monoisotopic (exact) mass is 245 g/mol. The molecule has 0 radical (unpaired) electrons. The maximum absolute atomic E-state index is 11.3. The van der Waals surface area contributed by atoms with Gasteiger partial charge in [-0.25, -0.2) is 8.42 Å². The number of likely N-dealkylation sites (N-methyl/N-ethyl adjacent to an activating group) is 2. The zero-order valence-electron chi connectivity index (χ0n) is 10.0. The first-order valence-electron chi connectivity index (χ1n) is 5.33. The van der Waals surface area contributed by atoms with Crippen molar-refractivity contribution in [1.82, 2.24) is 10.2 Å². The van der Waals surface area contributed by atoms with Crippen LogP contribution < -0.4 is 5.32 Å². The van der Waals surface area contributed by atoms with Crippen molar-refractivity contribution in [2.45, 2.75) is 24.9 Å². The standard InChI is InChI=1S/C10H19N3O2S/c1-10(7-11,12-2)8-13(3)9-4-5-16(14,15)6-9/h9,12H,4-6,8H2,1-3H3. The Balaban J connectivity index is 2.61. The number of hydrogen-bond donors (Lipinski definition) is 1. The molecule has 0 aromatic heterocycles. The minimum Gasteiger partial charge on any atom is -0.302 e. The Labute approximate surface area is 97.3 Å². The largest absolute Gasteiger partial charge is 0.302 e. The van der Waals surface area contributed by atoms with Crippen LogP contribution in [0.5, 0.6) is 0 Å². The van der Waals surface area contributed by atoms with Gasteiger partial charge in [0, 0.05) is 12.6 Å². The predicted octanol–water partition coefficient (Wildman–Crippen LogP) is -0.393. The molecular weight excluding hydrogens is 226 g/mol. The third-order valence-corrected chi connectivity index (χ3v) is 4.95. The van der Waals surface area contributed by atoms with E-state index < -0.39 is 15.4 Å². The lowest BCUT2D eigenvalue weighted by atomic mass is 10.0. The Hall–Kier alpha value is -0.640. The van der Waals surface area contributed by atoms with Crippen molar-refractivity contribution >= 4 is 9.84 Å². The molecule has 0 amide bonds. The number of nitriles is 1. The van der Waals surface area contributed by atoms with Crippen molar-refractivity contribution in [3.63, 3.8) is 0 Å². The molecule has 0 aliphatic carbocycles. The lowest BCUT2D eigenvalue weighted by Gasteiger charge is -2.30. The minimum atomic E-state index is -2.85. The normalized spacial score (nSPS) is 27.6. The lowest BCUT2D eigenvalue weighted by Crippen LogP contribution is -2.50. The van der Waals surface area contributed by atoms with Crippen LogP contribution in [0.2, 0.25) is 0 Å². The Bertz CT molecular complexity index is 387. The van der Waals surface area contributed by atoms with Crippen molar-refractivity contribution < 1.29 is 8.42 Å². The molecule has 1 rings (SSSR count). The van der Waals surface area contributed by atoms with Crippen LogP contribution in [0, 0.1) is 11.3 Å². The van der Waals surface area contributed by atoms with Crippen molar-refractivity contribution in [3.05, 3.63) is 0 Å². The topological polar surface area (TPSA) is 73.2 Å². The van der Waals surface area contributed by atoms with E-state index in [1.165, 1.54) is 0 Å². The lowest BCUT2D eigenvalue weighted by molar-refractivity contribution is 0.216.